The normalized spacial score (nSPS) is 9.82. The number of fused-ring (bicyclic) bond motifs is 1. The van der Waals surface area contributed by atoms with Gasteiger partial charge in [0, 0.05) is 25.1 Å². The summed E-state index contributed by atoms with van der Waals surface area (Å²) in [5.41, 5.74) is 5.56. The molecule has 0 radical (unpaired) electrons. The highest BCUT2D eigenvalue weighted by atomic mass is 32.2. The van der Waals surface area contributed by atoms with Crippen LogP contribution in [0, 0.1) is 0 Å². The summed E-state index contributed by atoms with van der Waals surface area (Å²) < 4.78 is 28.2. The largest absolute Gasteiger partial charge is 0.355 e. The number of amides is 1. The molecule has 0 spiro atoms. The van der Waals surface area contributed by atoms with Gasteiger partial charge in [-0.15, -0.1) is 0 Å². The van der Waals surface area contributed by atoms with E-state index in [1.807, 2.05) is 30.5 Å². The Morgan fingerprint density at radius 3 is 2.36 bits per heavy atom. The van der Waals surface area contributed by atoms with Crippen molar-refractivity contribution < 1.29 is 17.8 Å². The lowest BCUT2D eigenvalue weighted by Crippen LogP contribution is -2.26. The fourth-order valence-electron chi connectivity index (χ4n) is 1.37. The Balaban J connectivity index is 0.000000360. The van der Waals surface area contributed by atoms with Crippen molar-refractivity contribution in [2.24, 2.45) is 5.73 Å². The third-order valence-corrected chi connectivity index (χ3v) is 2.97. The lowest BCUT2D eigenvalue weighted by atomic mass is 10.2. The van der Waals surface area contributed by atoms with Crippen LogP contribution < -0.4 is 11.1 Å². The molecule has 1 aromatic heterocycles. The second kappa shape index (κ2) is 10.7. The molecule has 1 amide bonds. The number of nitrogens with one attached hydrogen (secondary N) is 1. The molecule has 0 atom stereocenters. The Hall–Kier alpha value is -2.03. The van der Waals surface area contributed by atoms with Crippen molar-refractivity contribution in [2.75, 3.05) is 19.3 Å². The number of hydrogen-bond acceptors (Lipinski definition) is 5. The topological polar surface area (TPSA) is 122 Å². The van der Waals surface area contributed by atoms with Crippen LogP contribution in [0.25, 0.3) is 10.9 Å². The molecule has 8 heteroatoms. The van der Waals surface area contributed by atoms with Crippen LogP contribution in [0.4, 0.5) is 0 Å². The first kappa shape index (κ1) is 20.0. The van der Waals surface area contributed by atoms with Crippen molar-refractivity contribution in [2.45, 2.75) is 6.92 Å². The minimum absolute atomic E-state index is 0.0475. The molecule has 1 aromatic carbocycles. The molecule has 2 aromatic rings. The number of para-hydroxylation sites is 1. The predicted octanol–water partition coefficient (Wildman–Crippen LogP) is 0.820. The van der Waals surface area contributed by atoms with Crippen molar-refractivity contribution in [3.63, 3.8) is 0 Å². The molecule has 0 saturated heterocycles. The van der Waals surface area contributed by atoms with E-state index in [0.29, 0.717) is 0 Å². The Morgan fingerprint density at radius 1 is 1.23 bits per heavy atom. The van der Waals surface area contributed by atoms with E-state index in [4.69, 9.17) is 4.55 Å². The zero-order chi connectivity index (χ0) is 17.0. The van der Waals surface area contributed by atoms with Gasteiger partial charge in [-0.3, -0.25) is 14.3 Å². The number of pyridine rings is 1. The van der Waals surface area contributed by atoms with Crippen molar-refractivity contribution in [1.29, 1.82) is 0 Å². The number of carbonyl (C=O) groups is 1. The number of aromatic nitrogens is 1. The fourth-order valence-corrected chi connectivity index (χ4v) is 1.73. The van der Waals surface area contributed by atoms with Gasteiger partial charge in [0.25, 0.3) is 10.1 Å². The highest BCUT2D eigenvalue weighted by Crippen LogP contribution is 2.07. The zero-order valence-electron chi connectivity index (χ0n) is 12.6. The monoisotopic (exact) mass is 327 g/mol. The van der Waals surface area contributed by atoms with E-state index < -0.39 is 15.9 Å². The van der Waals surface area contributed by atoms with Crippen LogP contribution in [-0.4, -0.2) is 43.2 Å². The van der Waals surface area contributed by atoms with Gasteiger partial charge in [0.2, 0.25) is 5.91 Å². The van der Waals surface area contributed by atoms with Gasteiger partial charge in [0.15, 0.2) is 0 Å². The van der Waals surface area contributed by atoms with E-state index in [9.17, 15) is 13.2 Å². The molecular formula is C14H21N3O4S. The maximum absolute atomic E-state index is 10.1. The van der Waals surface area contributed by atoms with E-state index in [1.165, 1.54) is 19.4 Å². The average molecular weight is 327 g/mol. The zero-order valence-corrected chi connectivity index (χ0v) is 13.4. The first-order valence-corrected chi connectivity index (χ1v) is 8.06. The minimum atomic E-state index is -3.93. The van der Waals surface area contributed by atoms with Gasteiger partial charge >= 0.3 is 0 Å². The Bertz CT molecular complexity index is 609. The number of benzene rings is 1. The van der Waals surface area contributed by atoms with E-state index >= 15 is 0 Å². The summed E-state index contributed by atoms with van der Waals surface area (Å²) in [6, 6.07) is 12.1. The summed E-state index contributed by atoms with van der Waals surface area (Å²) in [5.74, 6) is -0.754. The molecule has 0 saturated carbocycles. The van der Waals surface area contributed by atoms with Gasteiger partial charge in [-0.25, -0.2) is 0 Å². The van der Waals surface area contributed by atoms with Gasteiger partial charge < -0.3 is 11.1 Å². The molecule has 1 heterocycles. The van der Waals surface area contributed by atoms with E-state index in [1.54, 1.807) is 0 Å². The van der Waals surface area contributed by atoms with E-state index in [2.05, 4.69) is 28.2 Å². The van der Waals surface area contributed by atoms with Crippen LogP contribution in [0.5, 0.6) is 0 Å². The average Bonchev–Trinajstić information content (AvgIpc) is 2.48. The van der Waals surface area contributed by atoms with Crippen LogP contribution >= 0.6 is 0 Å². The second-order valence-corrected chi connectivity index (χ2v) is 5.54. The third kappa shape index (κ3) is 9.81. The molecule has 2 rings (SSSR count). The lowest BCUT2D eigenvalue weighted by molar-refractivity contribution is -0.118. The number of nitrogens with two attached hydrogens (primary N) is 1. The molecule has 0 aliphatic heterocycles. The highest BCUT2D eigenvalue weighted by molar-refractivity contribution is 7.85. The molecule has 4 N–H and O–H groups in total. The fraction of sp³-hybridized carbons (Fsp3) is 0.286. The summed E-state index contributed by atoms with van der Waals surface area (Å²) in [5, 5.41) is 3.42. The van der Waals surface area contributed by atoms with Gasteiger partial charge in [-0.05, 0) is 19.2 Å². The Labute approximate surface area is 130 Å². The standard InChI is InChI=1S/C9H7N.C4H9NO4S.CH5N/c1-2-6-9-8(4-1)5-3-7-10-9;1-4(6)5-2-3-10(7,8)9;1-2/h1-7H;2-3H2,1H3,(H,5,6)(H,7,8,9);2H2,1H3. The van der Waals surface area contributed by atoms with Crippen LogP contribution in [0.3, 0.4) is 0 Å². The quantitative estimate of drug-likeness (QED) is 0.717. The highest BCUT2D eigenvalue weighted by Gasteiger charge is 2.02. The van der Waals surface area contributed by atoms with Crippen LogP contribution in [0.1, 0.15) is 6.92 Å². The summed E-state index contributed by atoms with van der Waals surface area (Å²) in [4.78, 5) is 14.3. The summed E-state index contributed by atoms with van der Waals surface area (Å²) >= 11 is 0. The molecule has 0 unspecified atom stereocenters. The smallest absolute Gasteiger partial charge is 0.266 e. The third-order valence-electron chi connectivity index (χ3n) is 2.25. The number of rotatable bonds is 3. The lowest BCUT2D eigenvalue weighted by Gasteiger charge is -1.97. The van der Waals surface area contributed by atoms with Crippen molar-refractivity contribution in [3.8, 4) is 0 Å². The molecule has 0 bridgehead atoms. The van der Waals surface area contributed by atoms with Crippen LogP contribution in [-0.2, 0) is 14.9 Å². The van der Waals surface area contributed by atoms with Gasteiger partial charge in [0.1, 0.15) is 0 Å². The molecular weight excluding hydrogens is 306 g/mol. The van der Waals surface area contributed by atoms with Gasteiger partial charge in [-0.1, -0.05) is 24.3 Å². The van der Waals surface area contributed by atoms with E-state index in [-0.39, 0.29) is 12.5 Å². The number of nitrogens with zero attached hydrogens (tertiary/aromatic N) is 1. The van der Waals surface area contributed by atoms with Crippen molar-refractivity contribution in [3.05, 3.63) is 42.6 Å². The molecule has 0 aliphatic rings. The Kier molecular flexibility index (Phi) is 9.68. The molecule has 0 aliphatic carbocycles. The summed E-state index contributed by atoms with van der Waals surface area (Å²) in [7, 11) is -2.43. The number of carbonyl (C=O) groups excluding carboxylic acids is 1. The molecule has 7 nitrogen and oxygen atoms in total. The summed E-state index contributed by atoms with van der Waals surface area (Å²) in [6.45, 7) is 1.22. The van der Waals surface area contributed by atoms with Crippen molar-refractivity contribution in [1.82, 2.24) is 10.3 Å². The SMILES string of the molecule is CC(=O)NCCS(=O)(=O)O.CN.c1ccc2ncccc2c1. The second-order valence-electron chi connectivity index (χ2n) is 3.97. The van der Waals surface area contributed by atoms with Gasteiger partial charge in [-0.2, -0.15) is 8.42 Å². The maximum Gasteiger partial charge on any atom is 0.266 e. The van der Waals surface area contributed by atoms with Crippen LogP contribution in [0.15, 0.2) is 42.6 Å². The number of hydrogen-bond donors (Lipinski definition) is 3. The Morgan fingerprint density at radius 2 is 1.82 bits per heavy atom. The van der Waals surface area contributed by atoms with Crippen molar-refractivity contribution >= 4 is 26.9 Å². The molecule has 122 valence electrons. The molecule has 22 heavy (non-hydrogen) atoms. The van der Waals surface area contributed by atoms with E-state index in [0.717, 1.165) is 5.52 Å². The first-order chi connectivity index (χ1) is 10.4. The van der Waals surface area contributed by atoms with Gasteiger partial charge in [0.05, 0.1) is 11.3 Å². The first-order valence-electron chi connectivity index (χ1n) is 6.45. The minimum Gasteiger partial charge on any atom is -0.355 e. The molecule has 0 fully saturated rings. The predicted molar refractivity (Wildman–Crippen MR) is 87.0 cm³/mol. The maximum atomic E-state index is 10.1. The van der Waals surface area contributed by atoms with Crippen LogP contribution in [0.2, 0.25) is 0 Å². The summed E-state index contributed by atoms with van der Waals surface area (Å²) in [6.07, 6.45) is 1.81.